The predicted octanol–water partition coefficient (Wildman–Crippen LogP) is 1.87. The third-order valence-electron chi connectivity index (χ3n) is 5.21. The van der Waals surface area contributed by atoms with Gasteiger partial charge in [0.25, 0.3) is 0 Å². The number of fused-ring (bicyclic) bond motifs is 1. The van der Waals surface area contributed by atoms with E-state index in [0.717, 1.165) is 19.2 Å². The number of pyridine rings is 1. The van der Waals surface area contributed by atoms with Gasteiger partial charge in [-0.2, -0.15) is 0 Å². The SMILES string of the molecule is CN1CCN(c2cc3c(cc2F)c(=O)c(C(=O)O)cn3[C@@H]2C[C@@H]2F)CC1. The zero-order chi connectivity index (χ0) is 18.6. The van der Waals surface area contributed by atoms with E-state index < -0.39 is 35.0 Å². The molecular weight excluding hydrogens is 344 g/mol. The molecule has 2 atom stereocenters. The molecule has 0 amide bonds. The topological polar surface area (TPSA) is 65.8 Å². The number of carboxylic acid groups (broad SMARTS) is 1. The lowest BCUT2D eigenvalue weighted by atomic mass is 10.1. The van der Waals surface area contributed by atoms with Crippen LogP contribution in [0, 0.1) is 5.82 Å². The summed E-state index contributed by atoms with van der Waals surface area (Å²) in [5.41, 5.74) is -0.481. The second-order valence-electron chi connectivity index (χ2n) is 7.01. The van der Waals surface area contributed by atoms with Gasteiger partial charge < -0.3 is 19.5 Å². The third kappa shape index (κ3) is 2.74. The van der Waals surface area contributed by atoms with Crippen LogP contribution in [0.3, 0.4) is 0 Å². The monoisotopic (exact) mass is 363 g/mol. The first kappa shape index (κ1) is 17.0. The van der Waals surface area contributed by atoms with Crippen LogP contribution < -0.4 is 10.3 Å². The smallest absolute Gasteiger partial charge is 0.341 e. The number of anilines is 1. The van der Waals surface area contributed by atoms with Crippen molar-refractivity contribution in [2.75, 3.05) is 38.1 Å². The molecule has 138 valence electrons. The number of carbonyl (C=O) groups is 1. The molecule has 26 heavy (non-hydrogen) atoms. The summed E-state index contributed by atoms with van der Waals surface area (Å²) in [5, 5.41) is 9.23. The molecule has 2 fully saturated rings. The fraction of sp³-hybridized carbons (Fsp3) is 0.444. The first-order valence-corrected chi connectivity index (χ1v) is 8.56. The number of aromatic carboxylic acids is 1. The molecule has 4 rings (SSSR count). The van der Waals surface area contributed by atoms with E-state index in [4.69, 9.17) is 0 Å². The van der Waals surface area contributed by atoms with Gasteiger partial charge in [-0.15, -0.1) is 0 Å². The third-order valence-corrected chi connectivity index (χ3v) is 5.21. The van der Waals surface area contributed by atoms with Gasteiger partial charge in [-0.3, -0.25) is 4.79 Å². The Labute approximate surface area is 148 Å². The minimum atomic E-state index is -1.40. The van der Waals surface area contributed by atoms with Crippen molar-refractivity contribution in [3.63, 3.8) is 0 Å². The average molecular weight is 363 g/mol. The van der Waals surface area contributed by atoms with Crippen molar-refractivity contribution in [2.24, 2.45) is 0 Å². The Hall–Kier alpha value is -2.48. The van der Waals surface area contributed by atoms with E-state index in [9.17, 15) is 23.5 Å². The number of halogens is 2. The van der Waals surface area contributed by atoms with Gasteiger partial charge >= 0.3 is 5.97 Å². The Bertz CT molecular complexity index is 951. The van der Waals surface area contributed by atoms with Crippen molar-refractivity contribution in [3.8, 4) is 0 Å². The number of carboxylic acids is 1. The number of rotatable bonds is 3. The maximum atomic E-state index is 14.7. The van der Waals surface area contributed by atoms with Crippen LogP contribution in [-0.2, 0) is 0 Å². The number of hydrogen-bond acceptors (Lipinski definition) is 4. The lowest BCUT2D eigenvalue weighted by molar-refractivity contribution is 0.0694. The Balaban J connectivity index is 1.90. The molecule has 1 saturated heterocycles. The molecule has 0 unspecified atom stereocenters. The van der Waals surface area contributed by atoms with E-state index in [-0.39, 0.29) is 11.8 Å². The minimum absolute atomic E-state index is 0.0284. The quantitative estimate of drug-likeness (QED) is 0.902. The summed E-state index contributed by atoms with van der Waals surface area (Å²) in [6, 6.07) is 2.12. The van der Waals surface area contributed by atoms with E-state index in [1.807, 2.05) is 11.9 Å². The second kappa shape index (κ2) is 6.05. The van der Waals surface area contributed by atoms with Gasteiger partial charge in [-0.1, -0.05) is 0 Å². The van der Waals surface area contributed by atoms with Gasteiger partial charge in [-0.05, 0) is 19.2 Å². The number of benzene rings is 1. The average Bonchev–Trinajstić information content (AvgIpc) is 3.32. The van der Waals surface area contributed by atoms with Gasteiger partial charge in [0, 0.05) is 44.2 Å². The van der Waals surface area contributed by atoms with Crippen LogP contribution in [0.15, 0.2) is 23.1 Å². The number of nitrogens with zero attached hydrogens (tertiary/aromatic N) is 3. The van der Waals surface area contributed by atoms with E-state index >= 15 is 0 Å². The zero-order valence-electron chi connectivity index (χ0n) is 14.3. The van der Waals surface area contributed by atoms with E-state index in [1.54, 1.807) is 6.07 Å². The summed E-state index contributed by atoms with van der Waals surface area (Å²) in [6.45, 7) is 2.87. The summed E-state index contributed by atoms with van der Waals surface area (Å²) in [7, 11) is 1.99. The van der Waals surface area contributed by atoms with Crippen LogP contribution in [0.5, 0.6) is 0 Å². The minimum Gasteiger partial charge on any atom is -0.477 e. The van der Waals surface area contributed by atoms with Gasteiger partial charge in [0.1, 0.15) is 17.6 Å². The highest BCUT2D eigenvalue weighted by molar-refractivity contribution is 5.93. The van der Waals surface area contributed by atoms with Crippen molar-refractivity contribution in [1.82, 2.24) is 9.47 Å². The molecule has 0 radical (unpaired) electrons. The molecule has 8 heteroatoms. The standard InChI is InChI=1S/C18H19F2N3O3/c1-21-2-4-22(5-3-21)15-8-14-10(6-12(15)19)17(24)11(18(25)26)9-23(14)16-7-13(16)20/h6,8-9,13,16H,2-5,7H2,1H3,(H,25,26)/t13-,16+/m0/s1. The summed E-state index contributed by atoms with van der Waals surface area (Å²) in [4.78, 5) is 27.9. The maximum Gasteiger partial charge on any atom is 0.341 e. The van der Waals surface area contributed by atoms with Crippen LogP contribution in [-0.4, -0.2) is 59.9 Å². The molecule has 0 bridgehead atoms. The summed E-state index contributed by atoms with van der Waals surface area (Å²) < 4.78 is 29.9. The molecular formula is C18H19F2N3O3. The summed E-state index contributed by atoms with van der Waals surface area (Å²) in [5.74, 6) is -1.97. The first-order chi connectivity index (χ1) is 12.4. The normalized spacial score (nSPS) is 23.4. The fourth-order valence-electron chi connectivity index (χ4n) is 3.52. The van der Waals surface area contributed by atoms with Crippen molar-refractivity contribution in [1.29, 1.82) is 0 Å². The number of likely N-dealkylation sites (N-methyl/N-ethyl adjacent to an activating group) is 1. The molecule has 6 nitrogen and oxygen atoms in total. The molecule has 2 aliphatic rings. The molecule has 2 aromatic rings. The number of alkyl halides is 1. The van der Waals surface area contributed by atoms with E-state index in [2.05, 4.69) is 4.90 Å². The van der Waals surface area contributed by atoms with E-state index in [0.29, 0.717) is 24.3 Å². The molecule has 2 heterocycles. The number of aromatic nitrogens is 1. The van der Waals surface area contributed by atoms with Gasteiger partial charge in [0.15, 0.2) is 0 Å². The molecule has 1 aromatic heterocycles. The Morgan fingerprint density at radius 3 is 2.46 bits per heavy atom. The lowest BCUT2D eigenvalue weighted by Gasteiger charge is -2.34. The Morgan fingerprint density at radius 1 is 1.23 bits per heavy atom. The van der Waals surface area contributed by atoms with Crippen molar-refractivity contribution in [3.05, 3.63) is 39.9 Å². The molecule has 1 aliphatic carbocycles. The Morgan fingerprint density at radius 2 is 1.88 bits per heavy atom. The number of hydrogen-bond donors (Lipinski definition) is 1. The second-order valence-corrected chi connectivity index (χ2v) is 7.01. The maximum absolute atomic E-state index is 14.7. The largest absolute Gasteiger partial charge is 0.477 e. The molecule has 1 aromatic carbocycles. The Kier molecular flexibility index (Phi) is 3.95. The molecule has 1 N–H and O–H groups in total. The summed E-state index contributed by atoms with van der Waals surface area (Å²) >= 11 is 0. The van der Waals surface area contributed by atoms with E-state index in [1.165, 1.54) is 10.8 Å². The molecule has 0 spiro atoms. The number of piperazine rings is 1. The highest BCUT2D eigenvalue weighted by atomic mass is 19.1. The highest BCUT2D eigenvalue weighted by Crippen LogP contribution is 2.41. The van der Waals surface area contributed by atoms with Crippen LogP contribution in [0.25, 0.3) is 10.9 Å². The van der Waals surface area contributed by atoms with Gasteiger partial charge in [0.2, 0.25) is 5.43 Å². The van der Waals surface area contributed by atoms with Crippen molar-refractivity contribution < 1.29 is 18.7 Å². The molecule has 1 saturated carbocycles. The summed E-state index contributed by atoms with van der Waals surface area (Å²) in [6.07, 6.45) is 0.362. The van der Waals surface area contributed by atoms with Crippen LogP contribution in [0.1, 0.15) is 22.8 Å². The van der Waals surface area contributed by atoms with Crippen LogP contribution >= 0.6 is 0 Å². The van der Waals surface area contributed by atoms with Crippen molar-refractivity contribution in [2.45, 2.75) is 18.6 Å². The molecule has 1 aliphatic heterocycles. The zero-order valence-corrected chi connectivity index (χ0v) is 14.3. The first-order valence-electron chi connectivity index (χ1n) is 8.56. The predicted molar refractivity (Wildman–Crippen MR) is 93.4 cm³/mol. The van der Waals surface area contributed by atoms with Crippen LogP contribution in [0.4, 0.5) is 14.5 Å². The lowest BCUT2D eigenvalue weighted by Crippen LogP contribution is -2.44. The highest BCUT2D eigenvalue weighted by Gasteiger charge is 2.40. The fourth-order valence-corrected chi connectivity index (χ4v) is 3.52. The van der Waals surface area contributed by atoms with Crippen molar-refractivity contribution >= 4 is 22.6 Å². The van der Waals surface area contributed by atoms with Gasteiger partial charge in [0.05, 0.1) is 17.2 Å². The van der Waals surface area contributed by atoms with Gasteiger partial charge in [-0.25, -0.2) is 13.6 Å². The van der Waals surface area contributed by atoms with Crippen LogP contribution in [0.2, 0.25) is 0 Å².